The van der Waals surface area contributed by atoms with Crippen molar-refractivity contribution < 1.29 is 30.7 Å². The first-order valence-electron chi connectivity index (χ1n) is 9.56. The zero-order chi connectivity index (χ0) is 24.6. The van der Waals surface area contributed by atoms with Gasteiger partial charge in [-0.1, -0.05) is 6.07 Å². The maximum atomic E-state index is 14.5. The molecule has 0 spiro atoms. The number of sulfone groups is 1. The maximum absolute atomic E-state index is 14.5. The van der Waals surface area contributed by atoms with E-state index in [2.05, 4.69) is 5.10 Å². The summed E-state index contributed by atoms with van der Waals surface area (Å²) >= 11 is 0. The van der Waals surface area contributed by atoms with Crippen LogP contribution in [0.4, 0.5) is 17.6 Å². The standard InChI is InChI=1S/C23H14F4N2O4S/c1-34(31,32)21-9-2-13(10-20(21)27)17-12-28-29(15-5-8-18(25)19(26)11-15)23(30)22(17)33-16-6-3-14(24)4-7-16/h2-12H,1H3. The number of nitrogens with zero attached hydrogens (tertiary/aromatic N) is 2. The molecule has 0 fully saturated rings. The minimum atomic E-state index is -3.84. The number of rotatable bonds is 5. The van der Waals surface area contributed by atoms with Crippen molar-refractivity contribution in [3.05, 3.63) is 100 Å². The molecular weight excluding hydrogens is 476 g/mol. The highest BCUT2D eigenvalue weighted by atomic mass is 32.2. The number of hydrogen-bond acceptors (Lipinski definition) is 5. The summed E-state index contributed by atoms with van der Waals surface area (Å²) in [7, 11) is -3.84. The molecule has 0 aliphatic rings. The summed E-state index contributed by atoms with van der Waals surface area (Å²) in [5.74, 6) is -4.29. The topological polar surface area (TPSA) is 78.3 Å². The highest BCUT2D eigenvalue weighted by Crippen LogP contribution is 2.32. The largest absolute Gasteiger partial charge is 0.451 e. The molecule has 34 heavy (non-hydrogen) atoms. The van der Waals surface area contributed by atoms with Crippen molar-refractivity contribution >= 4 is 9.84 Å². The minimum absolute atomic E-state index is 0.0212. The minimum Gasteiger partial charge on any atom is -0.451 e. The molecule has 11 heteroatoms. The van der Waals surface area contributed by atoms with Gasteiger partial charge in [0.05, 0.1) is 17.4 Å². The molecule has 6 nitrogen and oxygen atoms in total. The maximum Gasteiger partial charge on any atom is 0.315 e. The first-order valence-corrected chi connectivity index (χ1v) is 11.4. The molecule has 0 radical (unpaired) electrons. The number of aromatic nitrogens is 2. The molecule has 3 aromatic carbocycles. The second-order valence-corrected chi connectivity index (χ2v) is 9.16. The number of hydrogen-bond donors (Lipinski definition) is 0. The highest BCUT2D eigenvalue weighted by Gasteiger charge is 2.20. The van der Waals surface area contributed by atoms with Gasteiger partial charge >= 0.3 is 5.56 Å². The van der Waals surface area contributed by atoms with Gasteiger partial charge in [-0.25, -0.2) is 26.0 Å². The zero-order valence-electron chi connectivity index (χ0n) is 17.3. The molecule has 174 valence electrons. The molecule has 0 N–H and O–H groups in total. The van der Waals surface area contributed by atoms with E-state index in [0.29, 0.717) is 0 Å². The summed E-state index contributed by atoms with van der Waals surface area (Å²) < 4.78 is 84.7. The van der Waals surface area contributed by atoms with Crippen LogP contribution >= 0.6 is 0 Å². The molecule has 0 aliphatic heterocycles. The van der Waals surface area contributed by atoms with Crippen molar-refractivity contribution in [3.63, 3.8) is 0 Å². The quantitative estimate of drug-likeness (QED) is 0.381. The van der Waals surface area contributed by atoms with Crippen LogP contribution in [0.25, 0.3) is 16.8 Å². The Kier molecular flexibility index (Phi) is 5.96. The van der Waals surface area contributed by atoms with E-state index in [1.165, 1.54) is 18.2 Å². The van der Waals surface area contributed by atoms with Crippen LogP contribution in [0.3, 0.4) is 0 Å². The predicted molar refractivity (Wildman–Crippen MR) is 115 cm³/mol. The SMILES string of the molecule is CS(=O)(=O)c1ccc(-c2cnn(-c3ccc(F)c(F)c3)c(=O)c2Oc2ccc(F)cc2)cc1F. The van der Waals surface area contributed by atoms with Crippen molar-refractivity contribution in [2.45, 2.75) is 4.90 Å². The van der Waals surface area contributed by atoms with Crippen LogP contribution in [0.15, 0.2) is 76.6 Å². The summed E-state index contributed by atoms with van der Waals surface area (Å²) in [6.07, 6.45) is 1.97. The van der Waals surface area contributed by atoms with Gasteiger partial charge < -0.3 is 4.74 Å². The number of ether oxygens (including phenoxy) is 1. The molecule has 0 aliphatic carbocycles. The third-order valence-corrected chi connectivity index (χ3v) is 5.89. The zero-order valence-corrected chi connectivity index (χ0v) is 18.1. The van der Waals surface area contributed by atoms with Gasteiger partial charge in [0.25, 0.3) is 0 Å². The molecule has 0 bridgehead atoms. The molecule has 1 aromatic heterocycles. The lowest BCUT2D eigenvalue weighted by Crippen LogP contribution is -2.23. The van der Waals surface area contributed by atoms with Crippen LogP contribution < -0.4 is 10.3 Å². The molecule has 0 saturated carbocycles. The predicted octanol–water partition coefficient (Wildman–Crippen LogP) is 4.65. The highest BCUT2D eigenvalue weighted by molar-refractivity contribution is 7.90. The van der Waals surface area contributed by atoms with Gasteiger partial charge in [-0.15, -0.1) is 0 Å². The fourth-order valence-corrected chi connectivity index (χ4v) is 3.86. The van der Waals surface area contributed by atoms with Crippen molar-refractivity contribution in [2.24, 2.45) is 0 Å². The van der Waals surface area contributed by atoms with Crippen LogP contribution in [-0.2, 0) is 9.84 Å². The van der Waals surface area contributed by atoms with Gasteiger partial charge in [-0.2, -0.15) is 9.78 Å². The Hall–Kier alpha value is -3.99. The van der Waals surface area contributed by atoms with E-state index in [1.54, 1.807) is 0 Å². The molecule has 1 heterocycles. The fraction of sp³-hybridized carbons (Fsp3) is 0.0435. The van der Waals surface area contributed by atoms with Crippen molar-refractivity contribution in [1.82, 2.24) is 9.78 Å². The lowest BCUT2D eigenvalue weighted by Gasteiger charge is -2.14. The van der Waals surface area contributed by atoms with Crippen LogP contribution in [0.2, 0.25) is 0 Å². The lowest BCUT2D eigenvalue weighted by molar-refractivity contribution is 0.467. The lowest BCUT2D eigenvalue weighted by atomic mass is 10.1. The van der Waals surface area contributed by atoms with Crippen LogP contribution in [0.1, 0.15) is 0 Å². The van der Waals surface area contributed by atoms with Gasteiger partial charge in [0.15, 0.2) is 21.5 Å². The van der Waals surface area contributed by atoms with Crippen molar-refractivity contribution in [2.75, 3.05) is 6.26 Å². The van der Waals surface area contributed by atoms with E-state index >= 15 is 0 Å². The van der Waals surface area contributed by atoms with Crippen LogP contribution in [0.5, 0.6) is 11.5 Å². The molecule has 0 atom stereocenters. The normalized spacial score (nSPS) is 11.4. The van der Waals surface area contributed by atoms with Crippen LogP contribution in [-0.4, -0.2) is 24.5 Å². The van der Waals surface area contributed by atoms with Crippen molar-refractivity contribution in [1.29, 1.82) is 0 Å². The Balaban J connectivity index is 1.91. The first-order chi connectivity index (χ1) is 16.0. The molecule has 0 amide bonds. The van der Waals surface area contributed by atoms with Gasteiger partial charge in [-0.3, -0.25) is 4.79 Å². The number of halogens is 4. The smallest absolute Gasteiger partial charge is 0.315 e. The third kappa shape index (κ3) is 4.55. The van der Waals surface area contributed by atoms with Crippen molar-refractivity contribution in [3.8, 4) is 28.3 Å². The first kappa shape index (κ1) is 23.2. The molecule has 4 aromatic rings. The van der Waals surface area contributed by atoms with Gasteiger partial charge in [0, 0.05) is 12.3 Å². The summed E-state index contributed by atoms with van der Waals surface area (Å²) in [6.45, 7) is 0. The van der Waals surface area contributed by atoms with Gasteiger partial charge in [0.2, 0.25) is 5.75 Å². The fourth-order valence-electron chi connectivity index (χ4n) is 3.13. The average Bonchev–Trinajstić information content (AvgIpc) is 2.77. The average molecular weight is 490 g/mol. The molecule has 4 rings (SSSR count). The third-order valence-electron chi connectivity index (χ3n) is 4.76. The van der Waals surface area contributed by atoms with E-state index in [4.69, 9.17) is 4.74 Å². The van der Waals surface area contributed by atoms with Crippen LogP contribution in [0, 0.1) is 23.3 Å². The monoisotopic (exact) mass is 490 g/mol. The van der Waals surface area contributed by atoms with E-state index in [9.17, 15) is 30.8 Å². The second-order valence-electron chi connectivity index (χ2n) is 7.18. The number of benzene rings is 3. The van der Waals surface area contributed by atoms with Gasteiger partial charge in [-0.05, 0) is 54.1 Å². The molecular formula is C23H14F4N2O4S. The summed E-state index contributed by atoms with van der Waals surface area (Å²) in [4.78, 5) is 12.7. The van der Waals surface area contributed by atoms with Gasteiger partial charge in [0.1, 0.15) is 22.3 Å². The summed E-state index contributed by atoms with van der Waals surface area (Å²) in [6, 6.07) is 10.5. The van der Waals surface area contributed by atoms with E-state index in [1.807, 2.05) is 0 Å². The van der Waals surface area contributed by atoms with E-state index in [0.717, 1.165) is 59.6 Å². The summed E-state index contributed by atoms with van der Waals surface area (Å²) in [5, 5.41) is 3.95. The van der Waals surface area contributed by atoms with E-state index < -0.39 is 49.3 Å². The summed E-state index contributed by atoms with van der Waals surface area (Å²) in [5.41, 5.74) is -0.991. The Morgan fingerprint density at radius 1 is 0.853 bits per heavy atom. The van der Waals surface area contributed by atoms with E-state index in [-0.39, 0.29) is 22.6 Å². The second kappa shape index (κ2) is 8.75. The molecule has 0 saturated heterocycles. The molecule has 0 unspecified atom stereocenters. The Morgan fingerprint density at radius 2 is 1.56 bits per heavy atom. The Morgan fingerprint density at radius 3 is 2.18 bits per heavy atom. The Bertz CT molecular complexity index is 1570. The Labute approximate surface area is 190 Å².